The molecule has 20 aromatic carbocycles. The number of furan rings is 2. The van der Waals surface area contributed by atoms with Crippen molar-refractivity contribution in [2.45, 2.75) is 38.5 Å². The summed E-state index contributed by atoms with van der Waals surface area (Å²) in [5.74, 6) is 0. The maximum absolute atomic E-state index is 6.21. The van der Waals surface area contributed by atoms with E-state index in [1.54, 1.807) is 0 Å². The predicted molar refractivity (Wildman–Crippen MR) is 491 cm³/mol. The van der Waals surface area contributed by atoms with Gasteiger partial charge >= 0.3 is 0 Å². The molecular formula is C114H76O2. The third kappa shape index (κ3) is 10.4. The van der Waals surface area contributed by atoms with Gasteiger partial charge in [-0.15, -0.1) is 0 Å². The van der Waals surface area contributed by atoms with Crippen molar-refractivity contribution in [3.05, 3.63) is 411 Å². The van der Waals surface area contributed by atoms with E-state index < -0.39 is 0 Å². The zero-order valence-corrected chi connectivity index (χ0v) is 64.8. The van der Waals surface area contributed by atoms with Crippen LogP contribution in [-0.4, -0.2) is 0 Å². The van der Waals surface area contributed by atoms with E-state index in [4.69, 9.17) is 8.83 Å². The molecule has 0 aliphatic heterocycles. The zero-order valence-electron chi connectivity index (χ0n) is 64.8. The van der Waals surface area contributed by atoms with Crippen LogP contribution in [0.5, 0.6) is 0 Å². The fourth-order valence-corrected chi connectivity index (χ4v) is 20.3. The summed E-state index contributed by atoms with van der Waals surface area (Å²) in [6, 6.07) is 143. The van der Waals surface area contributed by atoms with Crippen LogP contribution in [-0.2, 0) is 10.8 Å². The van der Waals surface area contributed by atoms with Gasteiger partial charge in [-0.2, -0.15) is 0 Å². The highest BCUT2D eigenvalue weighted by molar-refractivity contribution is 6.24. The van der Waals surface area contributed by atoms with E-state index in [0.29, 0.717) is 0 Å². The van der Waals surface area contributed by atoms with E-state index in [-0.39, 0.29) is 10.8 Å². The molecule has 0 atom stereocenters. The van der Waals surface area contributed by atoms with Crippen molar-refractivity contribution in [1.82, 2.24) is 0 Å². The van der Waals surface area contributed by atoms with Crippen molar-refractivity contribution in [2.75, 3.05) is 0 Å². The molecule has 2 aromatic heterocycles. The average Bonchev–Trinajstić information content (AvgIpc) is 1.49. The highest BCUT2D eigenvalue weighted by Crippen LogP contribution is 2.56. The van der Waals surface area contributed by atoms with Crippen molar-refractivity contribution in [3.63, 3.8) is 0 Å². The molecule has 2 heterocycles. The molecule has 2 aliphatic carbocycles. The Balaban J connectivity index is 0.000000137. The van der Waals surface area contributed by atoms with Gasteiger partial charge in [0.25, 0.3) is 0 Å². The van der Waals surface area contributed by atoms with Crippen LogP contribution < -0.4 is 0 Å². The van der Waals surface area contributed by atoms with Crippen molar-refractivity contribution < 1.29 is 8.83 Å². The molecule has 544 valence electrons. The predicted octanol–water partition coefficient (Wildman–Crippen LogP) is 32.0. The van der Waals surface area contributed by atoms with Crippen LogP contribution >= 0.6 is 0 Å². The first-order chi connectivity index (χ1) is 57.0. The van der Waals surface area contributed by atoms with Crippen molar-refractivity contribution in [3.8, 4) is 111 Å². The topological polar surface area (TPSA) is 26.3 Å². The normalized spacial score (nSPS) is 13.1. The molecule has 0 spiro atoms. The highest BCUT2D eigenvalue weighted by Gasteiger charge is 2.39. The van der Waals surface area contributed by atoms with E-state index in [1.807, 2.05) is 24.3 Å². The first kappa shape index (κ1) is 67.3. The van der Waals surface area contributed by atoms with Gasteiger partial charge in [0, 0.05) is 32.4 Å². The Morgan fingerprint density at radius 2 is 0.440 bits per heavy atom. The summed E-state index contributed by atoms with van der Waals surface area (Å²) in [6.07, 6.45) is 0. The number of para-hydroxylation sites is 2. The Hall–Kier alpha value is -14.4. The van der Waals surface area contributed by atoms with Crippen LogP contribution in [0.15, 0.2) is 397 Å². The summed E-state index contributed by atoms with van der Waals surface area (Å²) >= 11 is 0. The van der Waals surface area contributed by atoms with Crippen LogP contribution in [0, 0.1) is 0 Å². The molecule has 116 heavy (non-hydrogen) atoms. The van der Waals surface area contributed by atoms with Gasteiger partial charge in [-0.1, -0.05) is 367 Å². The molecule has 2 aliphatic rings. The van der Waals surface area contributed by atoms with Gasteiger partial charge in [-0.3, -0.25) is 0 Å². The lowest BCUT2D eigenvalue weighted by Gasteiger charge is -2.23. The summed E-state index contributed by atoms with van der Waals surface area (Å²) in [5, 5.41) is 19.9. The smallest absolute Gasteiger partial charge is 0.135 e. The third-order valence-electron chi connectivity index (χ3n) is 25.7. The number of benzene rings is 20. The van der Waals surface area contributed by atoms with Gasteiger partial charge in [-0.05, 0) is 247 Å². The maximum atomic E-state index is 6.21. The number of hydrogen-bond acceptors (Lipinski definition) is 2. The van der Waals surface area contributed by atoms with E-state index >= 15 is 0 Å². The molecule has 0 amide bonds. The average molecular weight is 1480 g/mol. The van der Waals surface area contributed by atoms with Crippen molar-refractivity contribution >= 4 is 109 Å². The summed E-state index contributed by atoms with van der Waals surface area (Å²) in [6.45, 7) is 9.49. The van der Waals surface area contributed by atoms with Crippen LogP contribution in [0.1, 0.15) is 49.9 Å². The molecule has 0 saturated carbocycles. The molecule has 2 nitrogen and oxygen atoms in total. The second kappa shape index (κ2) is 26.1. The Labute approximate surface area is 673 Å². The second-order valence-corrected chi connectivity index (χ2v) is 32.8. The molecule has 0 unspecified atom stereocenters. The molecule has 24 rings (SSSR count). The minimum Gasteiger partial charge on any atom is -0.456 e. The lowest BCUT2D eigenvalue weighted by atomic mass is 9.80. The van der Waals surface area contributed by atoms with Gasteiger partial charge in [0.15, 0.2) is 0 Å². The maximum Gasteiger partial charge on any atom is 0.135 e. The zero-order chi connectivity index (χ0) is 77.1. The Kier molecular flexibility index (Phi) is 15.1. The first-order valence-electron chi connectivity index (χ1n) is 40.5. The van der Waals surface area contributed by atoms with Crippen molar-refractivity contribution in [1.29, 1.82) is 0 Å². The lowest BCUT2D eigenvalue weighted by Crippen LogP contribution is -2.15. The van der Waals surface area contributed by atoms with E-state index in [2.05, 4.69) is 392 Å². The summed E-state index contributed by atoms with van der Waals surface area (Å²) in [7, 11) is 0. The van der Waals surface area contributed by atoms with Crippen LogP contribution in [0.25, 0.3) is 220 Å². The quantitative estimate of drug-likeness (QED) is 0.142. The number of hydrogen-bond donors (Lipinski definition) is 0. The van der Waals surface area contributed by atoms with Gasteiger partial charge in [-0.25, -0.2) is 0 Å². The molecule has 0 saturated heterocycles. The van der Waals surface area contributed by atoms with E-state index in [9.17, 15) is 0 Å². The fraction of sp³-hybridized carbons (Fsp3) is 0.0526. The minimum absolute atomic E-state index is 0.0600. The van der Waals surface area contributed by atoms with Gasteiger partial charge in [0.2, 0.25) is 0 Å². The molecular weight excluding hydrogens is 1400 g/mol. The minimum atomic E-state index is -0.0645. The highest BCUT2D eigenvalue weighted by atomic mass is 16.3. The van der Waals surface area contributed by atoms with E-state index in [0.717, 1.165) is 43.9 Å². The second-order valence-electron chi connectivity index (χ2n) is 32.8. The number of fused-ring (bicyclic) bond motifs is 20. The molecule has 0 radical (unpaired) electrons. The van der Waals surface area contributed by atoms with Crippen LogP contribution in [0.3, 0.4) is 0 Å². The molecule has 0 N–H and O–H groups in total. The lowest BCUT2D eigenvalue weighted by molar-refractivity contribution is 0.666. The molecule has 0 bridgehead atoms. The first-order valence-corrected chi connectivity index (χ1v) is 40.5. The van der Waals surface area contributed by atoms with E-state index in [1.165, 1.54) is 198 Å². The molecule has 2 heteroatoms. The van der Waals surface area contributed by atoms with Crippen LogP contribution in [0.4, 0.5) is 0 Å². The Morgan fingerprint density at radius 3 is 0.836 bits per heavy atom. The van der Waals surface area contributed by atoms with Gasteiger partial charge in [0.1, 0.15) is 22.3 Å². The summed E-state index contributed by atoms with van der Waals surface area (Å²) < 4.78 is 12.3. The summed E-state index contributed by atoms with van der Waals surface area (Å²) in [5.41, 5.74) is 34.2. The summed E-state index contributed by atoms with van der Waals surface area (Å²) in [4.78, 5) is 0. The fourth-order valence-electron chi connectivity index (χ4n) is 20.3. The largest absolute Gasteiger partial charge is 0.456 e. The standard InChI is InChI=1S/2C57H38O/c1-57(2)51-31-28-40(33-49(51)48-30-27-37-11-3-4-12-42(37)56(48)57)35-19-23-38(24-20-35)54-44-14-5-7-16-46(44)55(47-17-8-6-15-45(47)54)39-25-21-36(22-26-39)41-29-32-53-50(34-41)43-13-9-10-18-52(43)58-53;1-57(2)51-31-28-38(33-49(51)48-30-27-36-13-3-4-15-41(36)56(48)57)35-23-25-37(26-24-35)54-44-18-7-9-20-46(44)55(47-21-10-8-19-45(47)54)43-17-6-5-14-40(43)39-29-32-53-50(34-39)42-16-11-12-22-52(42)58-53/h2*3-34H,1-2H3. The third-order valence-corrected chi connectivity index (χ3v) is 25.7. The van der Waals surface area contributed by atoms with Gasteiger partial charge in [0.05, 0.1) is 0 Å². The Bertz CT molecular complexity index is 7740. The Morgan fingerprint density at radius 1 is 0.164 bits per heavy atom. The van der Waals surface area contributed by atoms with Crippen LogP contribution in [0.2, 0.25) is 0 Å². The van der Waals surface area contributed by atoms with Crippen molar-refractivity contribution in [2.24, 2.45) is 0 Å². The monoisotopic (exact) mass is 1480 g/mol. The number of rotatable bonds is 8. The molecule has 0 fully saturated rings. The SMILES string of the molecule is CC1(C)c2ccc(-c3ccc(-c4c5ccccc5c(-c5ccc(-c6ccc7oc8ccccc8c7c6)cc5)c5ccccc45)cc3)cc2-c2ccc3ccccc3c21.CC1(C)c2ccc(-c3ccc(-c4c5ccccc5c(-c5ccccc5-c5ccc6oc7ccccc7c6c5)c5ccccc45)cc3)cc2-c2ccc3ccccc3c21. The van der Waals surface area contributed by atoms with Gasteiger partial charge < -0.3 is 8.83 Å². The molecule has 22 aromatic rings.